The van der Waals surface area contributed by atoms with Crippen LogP contribution in [0.3, 0.4) is 0 Å². The SMILES string of the molecule is CCCCCCC(=O)O[C@@H](CCCCC)CC[C@@H]1[C@H]2Cc3cccc(OCC(=O)O)c3C[C@H]2C[C@H]1O. The Kier molecular flexibility index (Phi) is 11.6. The number of ether oxygens (including phenoxy) is 2. The van der Waals surface area contributed by atoms with Crippen molar-refractivity contribution in [3.05, 3.63) is 29.3 Å². The van der Waals surface area contributed by atoms with E-state index in [0.717, 1.165) is 89.0 Å². The second-order valence-corrected chi connectivity index (χ2v) is 10.9. The molecule has 0 radical (unpaired) electrons. The van der Waals surface area contributed by atoms with Crippen LogP contribution in [-0.2, 0) is 27.2 Å². The fourth-order valence-electron chi connectivity index (χ4n) is 6.28. The van der Waals surface area contributed by atoms with Crippen molar-refractivity contribution >= 4 is 11.9 Å². The number of fused-ring (bicyclic) bond motifs is 2. The second kappa shape index (κ2) is 14.6. The fraction of sp³-hybridized carbons (Fsp3) is 0.733. The standard InChI is InChI=1S/C30H46O6/c1-3-5-7-9-14-30(34)36-23(12-8-6-4-2)15-16-24-25-17-21-11-10-13-28(35-20-29(32)33)26(21)18-22(25)19-27(24)31/h10-11,13,22-25,27,31H,3-9,12,14-20H2,1-2H3,(H,32,33)/t22-,23-,24+,25-,27+/m0/s1. The number of rotatable bonds is 16. The molecule has 1 aromatic carbocycles. The normalized spacial score (nSPS) is 23.5. The van der Waals surface area contributed by atoms with Gasteiger partial charge in [-0.2, -0.15) is 0 Å². The Hall–Kier alpha value is -2.08. The van der Waals surface area contributed by atoms with Crippen molar-refractivity contribution in [1.29, 1.82) is 0 Å². The molecule has 6 nitrogen and oxygen atoms in total. The van der Waals surface area contributed by atoms with Crippen LogP contribution in [0.2, 0.25) is 0 Å². The van der Waals surface area contributed by atoms with Crippen LogP contribution in [0, 0.1) is 17.8 Å². The smallest absolute Gasteiger partial charge is 0.341 e. The summed E-state index contributed by atoms with van der Waals surface area (Å²) in [6, 6.07) is 5.89. The van der Waals surface area contributed by atoms with Gasteiger partial charge in [0.05, 0.1) is 6.10 Å². The van der Waals surface area contributed by atoms with Gasteiger partial charge in [0.25, 0.3) is 0 Å². The number of carbonyl (C=O) groups excluding carboxylic acids is 1. The van der Waals surface area contributed by atoms with Crippen LogP contribution < -0.4 is 4.74 Å². The van der Waals surface area contributed by atoms with Crippen molar-refractivity contribution in [1.82, 2.24) is 0 Å². The molecular formula is C30H46O6. The number of unbranched alkanes of at least 4 members (excludes halogenated alkanes) is 5. The first kappa shape index (κ1) is 28.5. The maximum absolute atomic E-state index is 12.5. The predicted molar refractivity (Wildman–Crippen MR) is 140 cm³/mol. The summed E-state index contributed by atoms with van der Waals surface area (Å²) in [5.41, 5.74) is 2.30. The highest BCUT2D eigenvalue weighted by atomic mass is 16.5. The van der Waals surface area contributed by atoms with Gasteiger partial charge in [0.1, 0.15) is 11.9 Å². The van der Waals surface area contributed by atoms with E-state index in [9.17, 15) is 14.7 Å². The van der Waals surface area contributed by atoms with Crippen molar-refractivity contribution in [3.8, 4) is 5.75 Å². The molecule has 0 aliphatic heterocycles. The molecular weight excluding hydrogens is 456 g/mol. The third-order valence-corrected chi connectivity index (χ3v) is 8.18. The monoisotopic (exact) mass is 502 g/mol. The van der Waals surface area contributed by atoms with E-state index in [0.29, 0.717) is 24.0 Å². The van der Waals surface area contributed by atoms with Crippen LogP contribution in [0.25, 0.3) is 0 Å². The summed E-state index contributed by atoms with van der Waals surface area (Å²) in [7, 11) is 0. The summed E-state index contributed by atoms with van der Waals surface area (Å²) in [6.45, 7) is 4.01. The number of esters is 1. The Balaban J connectivity index is 1.59. The summed E-state index contributed by atoms with van der Waals surface area (Å²) in [6.07, 6.45) is 12.8. The number of hydrogen-bond donors (Lipinski definition) is 2. The number of carbonyl (C=O) groups is 2. The molecule has 0 spiro atoms. The van der Waals surface area contributed by atoms with Crippen molar-refractivity contribution in [2.45, 2.75) is 116 Å². The largest absolute Gasteiger partial charge is 0.482 e. The topological polar surface area (TPSA) is 93.1 Å². The van der Waals surface area contributed by atoms with Gasteiger partial charge in [-0.05, 0) is 86.3 Å². The number of hydrogen-bond acceptors (Lipinski definition) is 5. The minimum atomic E-state index is -0.979. The average Bonchev–Trinajstić information content (AvgIpc) is 3.16. The lowest BCUT2D eigenvalue weighted by atomic mass is 9.73. The van der Waals surface area contributed by atoms with Crippen molar-refractivity contribution in [2.75, 3.05) is 6.61 Å². The molecule has 0 aromatic heterocycles. The number of aliphatic hydroxyl groups excluding tert-OH is 1. The van der Waals surface area contributed by atoms with Crippen LogP contribution in [-0.4, -0.2) is 41.0 Å². The van der Waals surface area contributed by atoms with Crippen LogP contribution in [0.5, 0.6) is 5.75 Å². The predicted octanol–water partition coefficient (Wildman–Crippen LogP) is 6.10. The van der Waals surface area contributed by atoms with E-state index in [2.05, 4.69) is 19.9 Å². The van der Waals surface area contributed by atoms with E-state index < -0.39 is 5.97 Å². The summed E-state index contributed by atoms with van der Waals surface area (Å²) < 4.78 is 11.5. The Bertz CT molecular complexity index is 837. The molecule has 5 atom stereocenters. The zero-order chi connectivity index (χ0) is 25.9. The van der Waals surface area contributed by atoms with Crippen LogP contribution in [0.1, 0.15) is 102 Å². The lowest BCUT2D eigenvalue weighted by molar-refractivity contribution is -0.150. The Morgan fingerprint density at radius 3 is 2.56 bits per heavy atom. The first-order chi connectivity index (χ1) is 17.4. The number of aliphatic carboxylic acids is 1. The van der Waals surface area contributed by atoms with E-state index in [1.54, 1.807) is 0 Å². The van der Waals surface area contributed by atoms with Crippen LogP contribution in [0.4, 0.5) is 0 Å². The Labute approximate surface area is 216 Å². The van der Waals surface area contributed by atoms with Crippen molar-refractivity contribution < 1.29 is 29.3 Å². The molecule has 1 saturated carbocycles. The molecule has 6 heteroatoms. The van der Waals surface area contributed by atoms with Gasteiger partial charge in [-0.25, -0.2) is 4.79 Å². The lowest BCUT2D eigenvalue weighted by Gasteiger charge is -2.32. The Morgan fingerprint density at radius 1 is 1.03 bits per heavy atom. The quantitative estimate of drug-likeness (QED) is 0.209. The van der Waals surface area contributed by atoms with Crippen molar-refractivity contribution in [3.63, 3.8) is 0 Å². The zero-order valence-corrected chi connectivity index (χ0v) is 22.3. The highest BCUT2D eigenvalue weighted by Crippen LogP contribution is 2.48. The van der Waals surface area contributed by atoms with E-state index >= 15 is 0 Å². The van der Waals surface area contributed by atoms with E-state index in [1.165, 1.54) is 5.56 Å². The van der Waals surface area contributed by atoms with Gasteiger partial charge in [-0.3, -0.25) is 4.79 Å². The first-order valence-electron chi connectivity index (χ1n) is 14.3. The molecule has 2 aliphatic carbocycles. The highest BCUT2D eigenvalue weighted by Gasteiger charge is 2.45. The van der Waals surface area contributed by atoms with E-state index in [-0.39, 0.29) is 30.7 Å². The van der Waals surface area contributed by atoms with Gasteiger partial charge >= 0.3 is 11.9 Å². The number of carboxylic acids is 1. The molecule has 202 valence electrons. The minimum Gasteiger partial charge on any atom is -0.482 e. The van der Waals surface area contributed by atoms with Gasteiger partial charge in [0, 0.05) is 6.42 Å². The lowest BCUT2D eigenvalue weighted by Crippen LogP contribution is -2.29. The molecule has 0 heterocycles. The van der Waals surface area contributed by atoms with Gasteiger partial charge in [-0.15, -0.1) is 0 Å². The summed E-state index contributed by atoms with van der Waals surface area (Å²) in [5.74, 6) is 0.567. The molecule has 2 aliphatic rings. The fourth-order valence-corrected chi connectivity index (χ4v) is 6.28. The first-order valence-corrected chi connectivity index (χ1v) is 14.3. The Morgan fingerprint density at radius 2 is 1.81 bits per heavy atom. The summed E-state index contributed by atoms with van der Waals surface area (Å²) in [4.78, 5) is 23.5. The second-order valence-electron chi connectivity index (χ2n) is 10.9. The molecule has 0 unspecified atom stereocenters. The summed E-state index contributed by atoms with van der Waals surface area (Å²) in [5, 5.41) is 20.0. The molecule has 1 aromatic rings. The van der Waals surface area contributed by atoms with Crippen LogP contribution in [0.15, 0.2) is 18.2 Å². The molecule has 3 rings (SSSR count). The highest BCUT2D eigenvalue weighted by molar-refractivity contribution is 5.69. The van der Waals surface area contributed by atoms with Gasteiger partial charge in [0.2, 0.25) is 0 Å². The third kappa shape index (κ3) is 8.22. The molecule has 1 fully saturated rings. The zero-order valence-electron chi connectivity index (χ0n) is 22.3. The van der Waals surface area contributed by atoms with Crippen LogP contribution >= 0.6 is 0 Å². The molecule has 2 N–H and O–H groups in total. The third-order valence-electron chi connectivity index (χ3n) is 8.18. The van der Waals surface area contributed by atoms with E-state index in [4.69, 9.17) is 14.6 Å². The maximum Gasteiger partial charge on any atom is 0.341 e. The average molecular weight is 503 g/mol. The van der Waals surface area contributed by atoms with Crippen molar-refractivity contribution in [2.24, 2.45) is 17.8 Å². The number of carboxylic acid groups (broad SMARTS) is 1. The molecule has 36 heavy (non-hydrogen) atoms. The van der Waals surface area contributed by atoms with Gasteiger partial charge in [-0.1, -0.05) is 58.1 Å². The minimum absolute atomic E-state index is 0.0617. The number of aliphatic hydroxyl groups is 1. The number of benzene rings is 1. The van der Waals surface area contributed by atoms with E-state index in [1.807, 2.05) is 12.1 Å². The molecule has 0 bridgehead atoms. The summed E-state index contributed by atoms with van der Waals surface area (Å²) >= 11 is 0. The molecule has 0 amide bonds. The van der Waals surface area contributed by atoms with Gasteiger partial charge in [0.15, 0.2) is 6.61 Å². The molecule has 0 saturated heterocycles. The van der Waals surface area contributed by atoms with Gasteiger partial charge < -0.3 is 19.7 Å². The maximum atomic E-state index is 12.5.